The molecule has 1 aromatic rings. The molecule has 0 heterocycles. The lowest BCUT2D eigenvalue weighted by molar-refractivity contribution is -0.135. The largest absolute Gasteiger partial charge is 0.389 e. The molecule has 0 radical (unpaired) electrons. The van der Waals surface area contributed by atoms with Gasteiger partial charge in [-0.25, -0.2) is 0 Å². The van der Waals surface area contributed by atoms with E-state index in [-0.39, 0.29) is 18.9 Å². The molecule has 3 nitrogen and oxygen atoms in total. The van der Waals surface area contributed by atoms with Gasteiger partial charge in [0.25, 0.3) is 5.91 Å². The van der Waals surface area contributed by atoms with Gasteiger partial charge in [0.15, 0.2) is 0 Å². The SMILES string of the molecule is CNc1ccc(C(=O)NCCCC(F)(F)F)cc1. The Hall–Kier alpha value is -1.72. The summed E-state index contributed by atoms with van der Waals surface area (Å²) in [6.07, 6.45) is -5.16. The Morgan fingerprint density at radius 2 is 1.83 bits per heavy atom. The van der Waals surface area contributed by atoms with Crippen molar-refractivity contribution < 1.29 is 18.0 Å². The van der Waals surface area contributed by atoms with Gasteiger partial charge in [-0.2, -0.15) is 13.2 Å². The first-order valence-corrected chi connectivity index (χ1v) is 5.55. The number of halogens is 3. The number of hydrogen-bond donors (Lipinski definition) is 2. The standard InChI is InChI=1S/C12H15F3N2O/c1-16-10-5-3-9(4-6-10)11(18)17-8-2-7-12(13,14)15/h3-6,16H,2,7-8H2,1H3,(H,17,18). The highest BCUT2D eigenvalue weighted by Gasteiger charge is 2.25. The Bertz CT molecular complexity index is 387. The van der Waals surface area contributed by atoms with Gasteiger partial charge >= 0.3 is 6.18 Å². The number of benzene rings is 1. The predicted molar refractivity (Wildman–Crippen MR) is 63.6 cm³/mol. The molecule has 100 valence electrons. The minimum Gasteiger partial charge on any atom is -0.388 e. The van der Waals surface area contributed by atoms with Crippen LogP contribution in [0.3, 0.4) is 0 Å². The zero-order valence-electron chi connectivity index (χ0n) is 9.97. The Labute approximate surface area is 103 Å². The van der Waals surface area contributed by atoms with E-state index in [1.807, 2.05) is 0 Å². The van der Waals surface area contributed by atoms with Crippen LogP contribution >= 0.6 is 0 Å². The fraction of sp³-hybridized carbons (Fsp3) is 0.417. The molecule has 0 saturated carbocycles. The first kappa shape index (κ1) is 14.3. The highest BCUT2D eigenvalue weighted by molar-refractivity contribution is 5.94. The summed E-state index contributed by atoms with van der Waals surface area (Å²) in [6.45, 7) is 0.0200. The lowest BCUT2D eigenvalue weighted by Gasteiger charge is -2.08. The molecule has 6 heteroatoms. The van der Waals surface area contributed by atoms with Gasteiger partial charge in [-0.3, -0.25) is 4.79 Å². The molecule has 0 aliphatic heterocycles. The van der Waals surface area contributed by atoms with E-state index < -0.39 is 12.6 Å². The average molecular weight is 260 g/mol. The zero-order chi connectivity index (χ0) is 13.6. The van der Waals surface area contributed by atoms with Gasteiger partial charge in [-0.15, -0.1) is 0 Å². The molecule has 0 aliphatic carbocycles. The first-order valence-electron chi connectivity index (χ1n) is 5.55. The van der Waals surface area contributed by atoms with E-state index in [9.17, 15) is 18.0 Å². The predicted octanol–water partition coefficient (Wildman–Crippen LogP) is 2.80. The van der Waals surface area contributed by atoms with E-state index in [1.54, 1.807) is 31.3 Å². The number of hydrogen-bond acceptors (Lipinski definition) is 2. The fourth-order valence-corrected chi connectivity index (χ4v) is 1.38. The molecule has 1 rings (SSSR count). The average Bonchev–Trinajstić information content (AvgIpc) is 2.33. The Kier molecular flexibility index (Phi) is 5.00. The van der Waals surface area contributed by atoms with Crippen molar-refractivity contribution in [2.75, 3.05) is 18.9 Å². The van der Waals surface area contributed by atoms with Gasteiger partial charge in [0.05, 0.1) is 0 Å². The molecule has 18 heavy (non-hydrogen) atoms. The summed E-state index contributed by atoms with van der Waals surface area (Å²) in [6, 6.07) is 6.69. The topological polar surface area (TPSA) is 41.1 Å². The second kappa shape index (κ2) is 6.28. The lowest BCUT2D eigenvalue weighted by Crippen LogP contribution is -2.25. The molecular formula is C12H15F3N2O. The Morgan fingerprint density at radius 1 is 1.22 bits per heavy atom. The van der Waals surface area contributed by atoms with Crippen LogP contribution in [0.1, 0.15) is 23.2 Å². The Balaban J connectivity index is 2.36. The maximum Gasteiger partial charge on any atom is 0.389 e. The molecule has 1 aromatic carbocycles. The molecule has 0 spiro atoms. The minimum absolute atomic E-state index is 0.0200. The summed E-state index contributed by atoms with van der Waals surface area (Å²) in [5.74, 6) is -0.361. The lowest BCUT2D eigenvalue weighted by atomic mass is 10.2. The summed E-state index contributed by atoms with van der Waals surface area (Å²) in [7, 11) is 1.76. The highest BCUT2D eigenvalue weighted by atomic mass is 19.4. The second-order valence-electron chi connectivity index (χ2n) is 3.80. The van der Waals surface area contributed by atoms with Gasteiger partial charge < -0.3 is 10.6 Å². The van der Waals surface area contributed by atoms with Crippen molar-refractivity contribution in [3.63, 3.8) is 0 Å². The number of carbonyl (C=O) groups is 1. The van der Waals surface area contributed by atoms with Crippen LogP contribution in [0.25, 0.3) is 0 Å². The molecule has 0 atom stereocenters. The molecule has 0 saturated heterocycles. The van der Waals surface area contributed by atoms with E-state index in [1.165, 1.54) is 0 Å². The van der Waals surface area contributed by atoms with Crippen LogP contribution in [0.5, 0.6) is 0 Å². The van der Waals surface area contributed by atoms with Crippen LogP contribution in [-0.2, 0) is 0 Å². The van der Waals surface area contributed by atoms with E-state index in [0.29, 0.717) is 5.56 Å². The van der Waals surface area contributed by atoms with E-state index in [4.69, 9.17) is 0 Å². The molecule has 0 aromatic heterocycles. The molecule has 0 unspecified atom stereocenters. The van der Waals surface area contributed by atoms with Gasteiger partial charge in [-0.05, 0) is 30.7 Å². The summed E-state index contributed by atoms with van der Waals surface area (Å²) >= 11 is 0. The van der Waals surface area contributed by atoms with Gasteiger partial charge in [0, 0.05) is 31.3 Å². The van der Waals surface area contributed by atoms with Gasteiger partial charge in [0.2, 0.25) is 0 Å². The van der Waals surface area contributed by atoms with E-state index in [2.05, 4.69) is 10.6 Å². The molecular weight excluding hydrogens is 245 g/mol. The van der Waals surface area contributed by atoms with Crippen LogP contribution in [0, 0.1) is 0 Å². The normalized spacial score (nSPS) is 11.1. The number of nitrogens with one attached hydrogen (secondary N) is 2. The van der Waals surface area contributed by atoms with E-state index in [0.717, 1.165) is 5.69 Å². The molecule has 1 amide bonds. The summed E-state index contributed by atoms with van der Waals surface area (Å²) in [5.41, 5.74) is 1.30. The third-order valence-corrected chi connectivity index (χ3v) is 2.36. The number of amides is 1. The summed E-state index contributed by atoms with van der Waals surface area (Å²) in [4.78, 5) is 11.6. The number of carbonyl (C=O) groups excluding carboxylic acids is 1. The number of rotatable bonds is 5. The Morgan fingerprint density at radius 3 is 2.33 bits per heavy atom. The van der Waals surface area contributed by atoms with Crippen molar-refractivity contribution in [2.24, 2.45) is 0 Å². The monoisotopic (exact) mass is 260 g/mol. The first-order chi connectivity index (χ1) is 8.42. The molecule has 0 fully saturated rings. The van der Waals surface area contributed by atoms with E-state index >= 15 is 0 Å². The third-order valence-electron chi connectivity index (χ3n) is 2.36. The van der Waals surface area contributed by atoms with Crippen molar-refractivity contribution in [1.29, 1.82) is 0 Å². The summed E-state index contributed by atoms with van der Waals surface area (Å²) in [5, 5.41) is 5.35. The van der Waals surface area contributed by atoms with Crippen LogP contribution < -0.4 is 10.6 Å². The summed E-state index contributed by atoms with van der Waals surface area (Å²) < 4.78 is 35.6. The molecule has 0 bridgehead atoms. The smallest absolute Gasteiger partial charge is 0.388 e. The van der Waals surface area contributed by atoms with Crippen LogP contribution in [0.15, 0.2) is 24.3 Å². The minimum atomic E-state index is -4.17. The van der Waals surface area contributed by atoms with Crippen molar-refractivity contribution in [3.05, 3.63) is 29.8 Å². The van der Waals surface area contributed by atoms with Crippen LogP contribution in [0.4, 0.5) is 18.9 Å². The van der Waals surface area contributed by atoms with Crippen molar-refractivity contribution >= 4 is 11.6 Å². The molecule has 0 aliphatic rings. The van der Waals surface area contributed by atoms with Crippen LogP contribution in [-0.4, -0.2) is 25.7 Å². The van der Waals surface area contributed by atoms with Gasteiger partial charge in [0.1, 0.15) is 0 Å². The maximum atomic E-state index is 11.9. The molecule has 2 N–H and O–H groups in total. The van der Waals surface area contributed by atoms with Crippen molar-refractivity contribution in [1.82, 2.24) is 5.32 Å². The van der Waals surface area contributed by atoms with Crippen molar-refractivity contribution in [2.45, 2.75) is 19.0 Å². The van der Waals surface area contributed by atoms with Crippen molar-refractivity contribution in [3.8, 4) is 0 Å². The van der Waals surface area contributed by atoms with Crippen LogP contribution in [0.2, 0.25) is 0 Å². The quantitative estimate of drug-likeness (QED) is 0.799. The maximum absolute atomic E-state index is 11.9. The number of anilines is 1. The zero-order valence-corrected chi connectivity index (χ0v) is 9.97. The fourth-order valence-electron chi connectivity index (χ4n) is 1.38. The van der Waals surface area contributed by atoms with Gasteiger partial charge in [-0.1, -0.05) is 0 Å². The highest BCUT2D eigenvalue weighted by Crippen LogP contribution is 2.20. The number of alkyl halides is 3. The third kappa shape index (κ3) is 5.07. The second-order valence-corrected chi connectivity index (χ2v) is 3.80.